The van der Waals surface area contributed by atoms with Crippen LogP contribution >= 0.6 is 0 Å². The molecule has 28 heteroatoms. The number of aliphatic hydroxyl groups is 1. The lowest BCUT2D eigenvalue weighted by Crippen LogP contribution is -2.17. The quantitative estimate of drug-likeness (QED) is 0.0675. The van der Waals surface area contributed by atoms with Gasteiger partial charge in [0.15, 0.2) is 46.0 Å². The molecule has 0 fully saturated rings. The SMILES string of the molecule is CC(=O)c1cccc(Oc2cnn3c(-c4ccc(C)o4)nc(N)nc23)n1.COC(=O)c1cccc(Oc2cnn3c(-c4ccc(C)o4)nc(N)nc23)n1.Cc1ccc(-c2nc(N)nc3c(Oc4cccc(C(C)(C)O)n4)cnn23)o1. The van der Waals surface area contributed by atoms with Crippen LogP contribution in [0.15, 0.2) is 123 Å². The number of fused-ring (bicyclic) bond motifs is 3. The summed E-state index contributed by atoms with van der Waals surface area (Å²) in [6.07, 6.45) is 4.43. The van der Waals surface area contributed by atoms with Crippen LogP contribution in [0.1, 0.15) is 64.7 Å². The van der Waals surface area contributed by atoms with Crippen molar-refractivity contribution in [2.24, 2.45) is 0 Å². The van der Waals surface area contributed by atoms with E-state index in [1.807, 2.05) is 39.0 Å². The summed E-state index contributed by atoms with van der Waals surface area (Å²) < 4.78 is 43.2. The minimum absolute atomic E-state index is 0.0353. The predicted molar refractivity (Wildman–Crippen MR) is 282 cm³/mol. The Hall–Kier alpha value is -11.2. The van der Waals surface area contributed by atoms with Crippen LogP contribution in [-0.2, 0) is 10.3 Å². The van der Waals surface area contributed by atoms with E-state index < -0.39 is 11.6 Å². The topological polar surface area (TPSA) is 377 Å². The Kier molecular flexibility index (Phi) is 14.0. The van der Waals surface area contributed by atoms with Gasteiger partial charge in [-0.1, -0.05) is 18.2 Å². The van der Waals surface area contributed by atoms with Crippen LogP contribution in [0.2, 0.25) is 0 Å². The third-order valence-corrected chi connectivity index (χ3v) is 11.1. The molecule has 0 amide bonds. The molecule has 404 valence electrons. The molecule has 0 atom stereocenters. The van der Waals surface area contributed by atoms with Crippen LogP contribution in [-0.4, -0.2) is 97.7 Å². The van der Waals surface area contributed by atoms with Gasteiger partial charge in [-0.3, -0.25) is 4.79 Å². The van der Waals surface area contributed by atoms with Crippen LogP contribution in [0.3, 0.4) is 0 Å². The summed E-state index contributed by atoms with van der Waals surface area (Å²) in [6.45, 7) is 10.2. The number of ketones is 1. The predicted octanol–water partition coefficient (Wildman–Crippen LogP) is 7.60. The van der Waals surface area contributed by atoms with Gasteiger partial charge in [0.2, 0.25) is 69.9 Å². The Labute approximate surface area is 450 Å². The summed E-state index contributed by atoms with van der Waals surface area (Å²) in [5.74, 6) is 6.07. The number of ether oxygens (including phenoxy) is 4. The highest BCUT2D eigenvalue weighted by molar-refractivity contribution is 5.92. The molecule has 12 aromatic rings. The molecule has 0 radical (unpaired) electrons. The van der Waals surface area contributed by atoms with Crippen LogP contribution in [0.5, 0.6) is 34.9 Å². The molecule has 7 N–H and O–H groups in total. The zero-order valence-corrected chi connectivity index (χ0v) is 43.5. The summed E-state index contributed by atoms with van der Waals surface area (Å²) in [6, 6.07) is 25.6. The zero-order valence-electron chi connectivity index (χ0n) is 43.5. The number of anilines is 3. The molecule has 12 aromatic heterocycles. The van der Waals surface area contributed by atoms with Crippen LogP contribution < -0.4 is 31.4 Å². The maximum absolute atomic E-state index is 11.6. The Morgan fingerprint density at radius 3 is 1.21 bits per heavy atom. The molecule has 0 aliphatic rings. The first kappa shape index (κ1) is 52.3. The van der Waals surface area contributed by atoms with Gasteiger partial charge in [0.05, 0.1) is 31.4 Å². The van der Waals surface area contributed by atoms with E-state index in [0.717, 1.165) is 17.3 Å². The average Bonchev–Trinajstić information content (AvgIpc) is 4.39. The standard InChI is InChI=1S/C18H18N6O3.C17H14N6O4.C17H14N6O3/c1-10-7-8-11(26-10)15-22-17(19)23-16-12(9-20-24(15)16)27-14-6-4-5-13(21-14)18(2,3)25;1-9-6-7-11(26-9)14-21-17(18)22-15-12(8-19-23(14)15)27-13-5-3-4-10(20-13)16(24)25-2;1-9-6-7-12(25-9)15-21-17(18)22-16-13(8-19-23(15)16)26-14-5-3-4-11(20-14)10(2)24/h4-9,25H,1-3H3,(H2,19,23);3-8H,1-2H3,(H2,18,22);3-8H,1-2H3,(H2,18,22). The lowest BCUT2D eigenvalue weighted by molar-refractivity contribution is 0.0592. The number of aryl methyl sites for hydroxylation is 3. The second kappa shape index (κ2) is 21.5. The normalized spacial score (nSPS) is 11.2. The van der Waals surface area contributed by atoms with E-state index in [0.29, 0.717) is 86.2 Å². The van der Waals surface area contributed by atoms with Crippen LogP contribution in [0.25, 0.3) is 51.7 Å². The number of nitrogens with zero attached hydrogens (tertiary/aromatic N) is 15. The Morgan fingerprint density at radius 2 is 0.863 bits per heavy atom. The number of methoxy groups -OCH3 is 1. The van der Waals surface area contributed by atoms with Gasteiger partial charge in [-0.25, -0.2) is 19.7 Å². The van der Waals surface area contributed by atoms with Crippen molar-refractivity contribution in [2.75, 3.05) is 24.3 Å². The number of hydrogen-bond acceptors (Lipinski definition) is 25. The molecule has 0 saturated heterocycles. The molecular weight excluding hydrogens is 1040 g/mol. The molecule has 0 saturated carbocycles. The lowest BCUT2D eigenvalue weighted by Gasteiger charge is -2.16. The molecule has 0 aliphatic heterocycles. The van der Waals surface area contributed by atoms with Crippen molar-refractivity contribution in [2.45, 2.75) is 47.1 Å². The summed E-state index contributed by atoms with van der Waals surface area (Å²) in [4.78, 5) is 60.9. The van der Waals surface area contributed by atoms with Crippen molar-refractivity contribution in [3.8, 4) is 69.6 Å². The smallest absolute Gasteiger partial charge is 0.356 e. The molecule has 0 aromatic carbocycles. The number of furan rings is 3. The van der Waals surface area contributed by atoms with E-state index in [9.17, 15) is 14.7 Å². The number of Topliss-reactive ketones (excluding diaryl/α,β-unsaturated/α-hetero) is 1. The highest BCUT2D eigenvalue weighted by atomic mass is 16.5. The molecule has 0 bridgehead atoms. The van der Waals surface area contributed by atoms with E-state index in [-0.39, 0.29) is 41.1 Å². The van der Waals surface area contributed by atoms with E-state index in [1.165, 1.54) is 52.2 Å². The molecule has 28 nitrogen and oxygen atoms in total. The number of nitrogens with two attached hydrogens (primary N) is 3. The summed E-state index contributed by atoms with van der Waals surface area (Å²) in [5.41, 5.74) is 18.4. The fourth-order valence-corrected chi connectivity index (χ4v) is 7.49. The van der Waals surface area contributed by atoms with E-state index >= 15 is 0 Å². The number of carbonyl (C=O) groups is 2. The van der Waals surface area contributed by atoms with Gasteiger partial charge in [0, 0.05) is 25.1 Å². The zero-order chi connectivity index (χ0) is 56.4. The summed E-state index contributed by atoms with van der Waals surface area (Å²) in [7, 11) is 1.28. The summed E-state index contributed by atoms with van der Waals surface area (Å²) in [5, 5.41) is 22.9. The van der Waals surface area contributed by atoms with Gasteiger partial charge in [0.25, 0.3) is 0 Å². The fraction of sp³-hybridized carbons (Fsp3) is 0.154. The fourth-order valence-electron chi connectivity index (χ4n) is 7.49. The first-order valence-electron chi connectivity index (χ1n) is 23.9. The number of aromatic nitrogens is 15. The number of rotatable bonds is 12. The maximum Gasteiger partial charge on any atom is 0.356 e. The molecule has 12 heterocycles. The minimum Gasteiger partial charge on any atom is -0.464 e. The van der Waals surface area contributed by atoms with Gasteiger partial charge in [-0.2, -0.15) is 58.7 Å². The number of pyridine rings is 3. The van der Waals surface area contributed by atoms with Gasteiger partial charge in [-0.05, 0) is 89.2 Å². The molecule has 0 unspecified atom stereocenters. The third kappa shape index (κ3) is 11.2. The van der Waals surface area contributed by atoms with Crippen molar-refractivity contribution < 1.29 is 46.9 Å². The van der Waals surface area contributed by atoms with E-state index in [2.05, 4.69) is 64.9 Å². The Morgan fingerprint density at radius 1 is 0.500 bits per heavy atom. The molecular formula is C52H46N18O10. The second-order valence-electron chi connectivity index (χ2n) is 17.7. The van der Waals surface area contributed by atoms with Gasteiger partial charge >= 0.3 is 5.97 Å². The van der Waals surface area contributed by atoms with Crippen molar-refractivity contribution in [1.29, 1.82) is 0 Å². The first-order chi connectivity index (χ1) is 38.4. The largest absolute Gasteiger partial charge is 0.464 e. The van der Waals surface area contributed by atoms with E-state index in [1.54, 1.807) is 80.6 Å². The van der Waals surface area contributed by atoms with Crippen LogP contribution in [0.4, 0.5) is 17.8 Å². The number of esters is 1. The van der Waals surface area contributed by atoms with Crippen molar-refractivity contribution >= 4 is 46.5 Å². The molecule has 80 heavy (non-hydrogen) atoms. The lowest BCUT2D eigenvalue weighted by atomic mass is 10.1. The van der Waals surface area contributed by atoms with Gasteiger partial charge < -0.3 is 54.5 Å². The molecule has 12 rings (SSSR count). The van der Waals surface area contributed by atoms with E-state index in [4.69, 9.17) is 44.7 Å². The van der Waals surface area contributed by atoms with Crippen molar-refractivity contribution in [3.05, 3.63) is 144 Å². The number of hydrogen-bond donors (Lipinski definition) is 4. The molecule has 0 aliphatic carbocycles. The first-order valence-corrected chi connectivity index (χ1v) is 23.9. The van der Waals surface area contributed by atoms with Gasteiger partial charge in [-0.15, -0.1) is 0 Å². The summed E-state index contributed by atoms with van der Waals surface area (Å²) >= 11 is 0. The number of carbonyl (C=O) groups excluding carboxylic acids is 2. The highest BCUT2D eigenvalue weighted by Crippen LogP contribution is 2.32. The molecule has 0 spiro atoms. The van der Waals surface area contributed by atoms with Crippen molar-refractivity contribution in [3.63, 3.8) is 0 Å². The third-order valence-electron chi connectivity index (χ3n) is 11.1. The van der Waals surface area contributed by atoms with Gasteiger partial charge in [0.1, 0.15) is 28.6 Å². The number of nitrogen functional groups attached to an aromatic ring is 3. The highest BCUT2D eigenvalue weighted by Gasteiger charge is 2.23. The van der Waals surface area contributed by atoms with Crippen LogP contribution in [0, 0.1) is 20.8 Å². The maximum atomic E-state index is 11.6. The Balaban J connectivity index is 0.000000135. The minimum atomic E-state index is -1.09. The average molecular weight is 1080 g/mol. The second-order valence-corrected chi connectivity index (χ2v) is 17.7. The Bertz CT molecular complexity index is 4260. The monoisotopic (exact) mass is 1080 g/mol. The van der Waals surface area contributed by atoms with Crippen molar-refractivity contribution in [1.82, 2.24) is 73.7 Å².